The zero-order valence-corrected chi connectivity index (χ0v) is 12.2. The molecular weight excluding hydrogens is 279 g/mol. The first-order chi connectivity index (χ1) is 9.54. The number of piperazine rings is 1. The highest BCUT2D eigenvalue weighted by molar-refractivity contribution is 7.88. The second-order valence-electron chi connectivity index (χ2n) is 5.55. The Hall–Kier alpha value is -0.980. The molecule has 1 aromatic carbocycles. The van der Waals surface area contributed by atoms with Gasteiger partial charge in [-0.2, -0.15) is 4.31 Å². The molecule has 6 heteroatoms. The zero-order valence-electron chi connectivity index (χ0n) is 11.3. The Morgan fingerprint density at radius 3 is 2.20 bits per heavy atom. The first kappa shape index (κ1) is 14.0. The molecule has 1 saturated heterocycles. The normalized spacial score (nSPS) is 22.1. The first-order valence-electron chi connectivity index (χ1n) is 7.01. The van der Waals surface area contributed by atoms with E-state index >= 15 is 0 Å². The molecule has 1 aliphatic heterocycles. The molecule has 2 aliphatic rings. The molecule has 2 fully saturated rings. The molecule has 1 heterocycles. The van der Waals surface area contributed by atoms with E-state index < -0.39 is 10.0 Å². The van der Waals surface area contributed by atoms with Crippen molar-refractivity contribution < 1.29 is 12.8 Å². The van der Waals surface area contributed by atoms with Crippen LogP contribution in [0.2, 0.25) is 0 Å². The summed E-state index contributed by atoms with van der Waals surface area (Å²) >= 11 is 0. The molecule has 0 bridgehead atoms. The van der Waals surface area contributed by atoms with Gasteiger partial charge in [-0.1, -0.05) is 12.1 Å². The van der Waals surface area contributed by atoms with Crippen LogP contribution in [0.25, 0.3) is 0 Å². The van der Waals surface area contributed by atoms with Gasteiger partial charge in [-0.15, -0.1) is 0 Å². The average molecular weight is 298 g/mol. The molecule has 0 aromatic heterocycles. The van der Waals surface area contributed by atoms with Gasteiger partial charge in [0.2, 0.25) is 10.0 Å². The van der Waals surface area contributed by atoms with Crippen LogP contribution in [0.15, 0.2) is 24.3 Å². The molecule has 1 saturated carbocycles. The van der Waals surface area contributed by atoms with E-state index in [0.717, 1.165) is 13.1 Å². The van der Waals surface area contributed by atoms with Crippen LogP contribution in [-0.2, 0) is 15.8 Å². The number of hydrogen-bond donors (Lipinski definition) is 0. The van der Waals surface area contributed by atoms with E-state index in [1.807, 2.05) is 0 Å². The Morgan fingerprint density at radius 2 is 1.65 bits per heavy atom. The summed E-state index contributed by atoms with van der Waals surface area (Å²) in [6.45, 7) is 2.79. The molecule has 3 rings (SSSR count). The Balaban J connectivity index is 1.61. The van der Waals surface area contributed by atoms with Gasteiger partial charge in [0.15, 0.2) is 0 Å². The smallest absolute Gasteiger partial charge is 0.218 e. The highest BCUT2D eigenvalue weighted by atomic mass is 32.2. The maximum Gasteiger partial charge on any atom is 0.218 e. The summed E-state index contributed by atoms with van der Waals surface area (Å²) in [6, 6.07) is 6.36. The molecule has 110 valence electrons. The van der Waals surface area contributed by atoms with E-state index in [0.29, 0.717) is 24.7 Å². The van der Waals surface area contributed by atoms with Crippen LogP contribution in [0, 0.1) is 5.82 Å². The third-order valence-corrected chi connectivity index (χ3v) is 5.84. The monoisotopic (exact) mass is 298 g/mol. The molecule has 0 radical (unpaired) electrons. The van der Waals surface area contributed by atoms with E-state index in [1.54, 1.807) is 4.31 Å². The van der Waals surface area contributed by atoms with Gasteiger partial charge in [-0.25, -0.2) is 12.8 Å². The lowest BCUT2D eigenvalue weighted by Crippen LogP contribution is -2.49. The maximum atomic E-state index is 12.8. The van der Waals surface area contributed by atoms with Crippen molar-refractivity contribution in [3.63, 3.8) is 0 Å². The van der Waals surface area contributed by atoms with Crippen LogP contribution in [0.5, 0.6) is 0 Å². The number of hydrogen-bond acceptors (Lipinski definition) is 3. The minimum absolute atomic E-state index is 0.0449. The first-order valence-corrected chi connectivity index (χ1v) is 8.62. The Morgan fingerprint density at radius 1 is 1.05 bits per heavy atom. The summed E-state index contributed by atoms with van der Waals surface area (Å²) in [5.74, 6) is -0.388. The molecule has 20 heavy (non-hydrogen) atoms. The van der Waals surface area contributed by atoms with Crippen LogP contribution in [0.1, 0.15) is 18.4 Å². The molecule has 0 amide bonds. The lowest BCUT2D eigenvalue weighted by Gasteiger charge is -2.34. The summed E-state index contributed by atoms with van der Waals surface area (Å²) in [5.41, 5.74) is 0.635. The quantitative estimate of drug-likeness (QED) is 0.844. The van der Waals surface area contributed by atoms with Crippen molar-refractivity contribution in [1.82, 2.24) is 9.21 Å². The molecular formula is C14H19FN2O2S. The van der Waals surface area contributed by atoms with Crippen molar-refractivity contribution in [3.8, 4) is 0 Å². The Labute approximate surface area is 119 Å². The lowest BCUT2D eigenvalue weighted by atomic mass is 10.2. The number of halogens is 1. The van der Waals surface area contributed by atoms with Crippen LogP contribution in [0.3, 0.4) is 0 Å². The standard InChI is InChI=1S/C14H19FN2O2S/c15-13-3-1-12(2-4-13)11-20(18,19)17-9-7-16(8-10-17)14-5-6-14/h1-4,14H,5-11H2. The average Bonchev–Trinajstić information content (AvgIpc) is 3.26. The Kier molecular flexibility index (Phi) is 3.79. The molecule has 4 nitrogen and oxygen atoms in total. The predicted octanol–water partition coefficient (Wildman–Crippen LogP) is 1.44. The van der Waals surface area contributed by atoms with Crippen molar-refractivity contribution in [2.75, 3.05) is 26.2 Å². The summed E-state index contributed by atoms with van der Waals surface area (Å²) in [6.07, 6.45) is 2.50. The van der Waals surface area contributed by atoms with Crippen molar-refractivity contribution in [3.05, 3.63) is 35.6 Å². The van der Waals surface area contributed by atoms with Gasteiger partial charge in [0.05, 0.1) is 5.75 Å². The lowest BCUT2D eigenvalue weighted by molar-refractivity contribution is 0.180. The molecule has 1 aliphatic carbocycles. The summed E-state index contributed by atoms with van der Waals surface area (Å²) in [4.78, 5) is 2.38. The molecule has 0 atom stereocenters. The fourth-order valence-corrected chi connectivity index (χ4v) is 4.19. The van der Waals surface area contributed by atoms with Crippen molar-refractivity contribution in [1.29, 1.82) is 0 Å². The number of sulfonamides is 1. The number of benzene rings is 1. The summed E-state index contributed by atoms with van der Waals surface area (Å²) in [5, 5.41) is 0. The SMILES string of the molecule is O=S(=O)(Cc1ccc(F)cc1)N1CCN(C2CC2)CC1. The molecule has 1 aromatic rings. The highest BCUT2D eigenvalue weighted by Crippen LogP contribution is 2.28. The van der Waals surface area contributed by atoms with Crippen LogP contribution in [0.4, 0.5) is 4.39 Å². The van der Waals surface area contributed by atoms with Crippen LogP contribution >= 0.6 is 0 Å². The third-order valence-electron chi connectivity index (χ3n) is 3.99. The minimum atomic E-state index is -3.29. The van der Waals surface area contributed by atoms with E-state index in [2.05, 4.69) is 4.90 Å². The van der Waals surface area contributed by atoms with E-state index in [4.69, 9.17) is 0 Å². The highest BCUT2D eigenvalue weighted by Gasteiger charge is 2.34. The van der Waals surface area contributed by atoms with Crippen molar-refractivity contribution in [2.45, 2.75) is 24.6 Å². The maximum absolute atomic E-state index is 12.8. The van der Waals surface area contributed by atoms with Gasteiger partial charge in [0, 0.05) is 32.2 Å². The van der Waals surface area contributed by atoms with Gasteiger partial charge < -0.3 is 0 Å². The van der Waals surface area contributed by atoms with E-state index in [9.17, 15) is 12.8 Å². The van der Waals surface area contributed by atoms with Gasteiger partial charge in [-0.3, -0.25) is 4.90 Å². The second-order valence-corrected chi connectivity index (χ2v) is 7.52. The topological polar surface area (TPSA) is 40.6 Å². The van der Waals surface area contributed by atoms with Crippen molar-refractivity contribution in [2.24, 2.45) is 0 Å². The van der Waals surface area contributed by atoms with Gasteiger partial charge in [0.1, 0.15) is 5.82 Å². The van der Waals surface area contributed by atoms with Gasteiger partial charge in [0.25, 0.3) is 0 Å². The zero-order chi connectivity index (χ0) is 14.2. The number of nitrogens with zero attached hydrogens (tertiary/aromatic N) is 2. The van der Waals surface area contributed by atoms with Crippen LogP contribution in [-0.4, -0.2) is 49.8 Å². The fraction of sp³-hybridized carbons (Fsp3) is 0.571. The summed E-state index contributed by atoms with van der Waals surface area (Å²) < 4.78 is 39.1. The molecule has 0 N–H and O–H groups in total. The van der Waals surface area contributed by atoms with Gasteiger partial charge >= 0.3 is 0 Å². The molecule has 0 unspecified atom stereocenters. The second kappa shape index (κ2) is 5.42. The van der Waals surface area contributed by atoms with Crippen LogP contribution < -0.4 is 0 Å². The summed E-state index contributed by atoms with van der Waals surface area (Å²) in [7, 11) is -3.29. The van der Waals surface area contributed by atoms with E-state index in [1.165, 1.54) is 37.1 Å². The number of rotatable bonds is 4. The molecule has 0 spiro atoms. The fourth-order valence-electron chi connectivity index (χ4n) is 2.67. The van der Waals surface area contributed by atoms with Crippen molar-refractivity contribution >= 4 is 10.0 Å². The third kappa shape index (κ3) is 3.19. The predicted molar refractivity (Wildman–Crippen MR) is 75.2 cm³/mol. The minimum Gasteiger partial charge on any atom is -0.298 e. The van der Waals surface area contributed by atoms with Gasteiger partial charge in [-0.05, 0) is 30.5 Å². The largest absolute Gasteiger partial charge is 0.298 e. The Bertz CT molecular complexity index is 561. The van der Waals surface area contributed by atoms with E-state index in [-0.39, 0.29) is 11.6 Å².